The number of benzene rings is 5. The van der Waals surface area contributed by atoms with Gasteiger partial charge in [-0.15, -0.1) is 26.8 Å². The highest BCUT2D eigenvalue weighted by Gasteiger charge is 2.53. The van der Waals surface area contributed by atoms with E-state index in [1.54, 1.807) is 41.6 Å². The summed E-state index contributed by atoms with van der Waals surface area (Å²) >= 11 is 0. The molecule has 7 aromatic heterocycles. The molecule has 0 unspecified atom stereocenters. The molecule has 5 aromatic carbocycles. The summed E-state index contributed by atoms with van der Waals surface area (Å²) < 4.78 is 17.3. The molecule has 0 fully saturated rings. The zero-order valence-electron chi connectivity index (χ0n) is 89.1. The number of hydrogen-bond donors (Lipinski definition) is 0. The van der Waals surface area contributed by atoms with E-state index in [-0.39, 0.29) is 15.8 Å². The van der Waals surface area contributed by atoms with Gasteiger partial charge in [0.2, 0.25) is 0 Å². The van der Waals surface area contributed by atoms with Crippen LogP contribution in [0.25, 0.3) is 11.3 Å². The molecular weight excluding hydrogens is 1670 g/mol. The van der Waals surface area contributed by atoms with Crippen LogP contribution in [0.4, 0.5) is 0 Å². The molecular formula is C104H182B3N19P4. The summed E-state index contributed by atoms with van der Waals surface area (Å²) in [6, 6.07) is 67.6. The smallest absolute Gasteiger partial charge is 0.369 e. The molecule has 130 heavy (non-hydrogen) atoms. The maximum atomic E-state index is 4.64. The van der Waals surface area contributed by atoms with Crippen molar-refractivity contribution in [3.63, 3.8) is 0 Å². The number of hydrazone groups is 3. The average molecular weight is 1860 g/mol. The van der Waals surface area contributed by atoms with Gasteiger partial charge >= 0.3 is 19.7 Å². The maximum Gasteiger partial charge on any atom is 0.667 e. The third-order valence-electron chi connectivity index (χ3n) is 16.6. The van der Waals surface area contributed by atoms with E-state index < -0.39 is 19.7 Å². The summed E-state index contributed by atoms with van der Waals surface area (Å²) in [6.07, 6.45) is 39.8. The highest BCUT2D eigenvalue weighted by molar-refractivity contribution is 7.70. The average Bonchev–Trinajstić information content (AvgIpc) is 1.56. The van der Waals surface area contributed by atoms with E-state index in [2.05, 4.69) is 218 Å². The molecule has 0 radical (unpaired) electrons. The Bertz CT molecular complexity index is 4210. The first-order valence-corrected chi connectivity index (χ1v) is 58.0. The van der Waals surface area contributed by atoms with E-state index in [0.717, 1.165) is 36.0 Å². The van der Waals surface area contributed by atoms with Crippen LogP contribution in [0.15, 0.2) is 296 Å². The van der Waals surface area contributed by atoms with Crippen LogP contribution in [0.3, 0.4) is 0 Å². The van der Waals surface area contributed by atoms with Crippen LogP contribution >= 0.6 is 31.7 Å². The van der Waals surface area contributed by atoms with Gasteiger partial charge in [-0.05, 0) is 162 Å². The van der Waals surface area contributed by atoms with Crippen LogP contribution in [0.2, 0.25) is 0 Å². The second kappa shape index (κ2) is 91.3. The summed E-state index contributed by atoms with van der Waals surface area (Å²) in [4.78, 5) is 4.25. The van der Waals surface area contributed by atoms with Gasteiger partial charge in [0, 0.05) is 48.9 Å². The fraction of sp³-hybridized carbons (Fsp3) is 0.433. The Morgan fingerprint density at radius 2 is 0.523 bits per heavy atom. The van der Waals surface area contributed by atoms with Crippen molar-refractivity contribution in [2.75, 3.05) is 65.6 Å². The molecule has 19 nitrogen and oxygen atoms in total. The van der Waals surface area contributed by atoms with Crippen molar-refractivity contribution in [1.29, 1.82) is 0 Å². The zero-order valence-corrected chi connectivity index (χ0v) is 92.7. The van der Waals surface area contributed by atoms with Gasteiger partial charge in [-0.25, -0.2) is 35.2 Å². The Balaban J connectivity index is -0.000000268. The molecule has 0 aliphatic carbocycles. The minimum absolute atomic E-state index is 0.0674. The van der Waals surface area contributed by atoms with Crippen molar-refractivity contribution in [1.82, 2.24) is 63.1 Å². The van der Waals surface area contributed by atoms with Crippen LogP contribution < -0.4 is 27.0 Å². The lowest BCUT2D eigenvalue weighted by molar-refractivity contribution is -0.408. The Labute approximate surface area is 801 Å². The molecule has 722 valence electrons. The van der Waals surface area contributed by atoms with E-state index in [1.807, 2.05) is 436 Å². The molecule has 15 rings (SSSR count). The first kappa shape index (κ1) is 134. The fourth-order valence-corrected chi connectivity index (χ4v) is 18.3. The first-order chi connectivity index (χ1) is 64.0. The summed E-state index contributed by atoms with van der Waals surface area (Å²) in [7, 11) is 0.901. The molecule has 0 bridgehead atoms. The Morgan fingerprint density at radius 1 is 0.262 bits per heavy atom. The number of aromatic nitrogens is 13. The van der Waals surface area contributed by atoms with Gasteiger partial charge in [0.1, 0.15) is 18.6 Å². The summed E-state index contributed by atoms with van der Waals surface area (Å²) in [5, 5.41) is 43.8. The summed E-state index contributed by atoms with van der Waals surface area (Å²) in [5.41, 5.74) is 5.64. The molecule has 3 aliphatic heterocycles. The minimum Gasteiger partial charge on any atom is -0.369 e. The van der Waals surface area contributed by atoms with E-state index in [4.69, 9.17) is 0 Å². The maximum absolute atomic E-state index is 4.64. The fourth-order valence-electron chi connectivity index (χ4n) is 12.1. The molecule has 0 saturated carbocycles. The molecule has 12 aromatic rings. The monoisotopic (exact) mass is 1850 g/mol. The van der Waals surface area contributed by atoms with Crippen LogP contribution in [0.5, 0.6) is 0 Å². The van der Waals surface area contributed by atoms with E-state index in [0.29, 0.717) is 15.8 Å². The molecule has 0 atom stereocenters. The number of hydrogen-bond acceptors (Lipinski definition) is 10. The largest absolute Gasteiger partial charge is 0.667 e. The normalized spacial score (nSPS) is 10.6. The lowest BCUT2D eigenvalue weighted by Crippen LogP contribution is -2.70. The third-order valence-corrected chi connectivity index (χ3v) is 22.1. The van der Waals surface area contributed by atoms with E-state index >= 15 is 0 Å². The topological polar surface area (TPSA) is 166 Å². The predicted octanol–water partition coefficient (Wildman–Crippen LogP) is 26.4. The molecule has 0 N–H and O–H groups in total. The van der Waals surface area contributed by atoms with Gasteiger partial charge in [-0.2, -0.15) is 0 Å². The highest BCUT2D eigenvalue weighted by Crippen LogP contribution is 2.33. The van der Waals surface area contributed by atoms with Crippen LogP contribution in [-0.4, -0.2) is 200 Å². The highest BCUT2D eigenvalue weighted by atomic mass is 31.1. The van der Waals surface area contributed by atoms with Crippen molar-refractivity contribution in [2.45, 2.75) is 241 Å². The Morgan fingerprint density at radius 3 is 0.785 bits per heavy atom. The molecule has 0 amide bonds. The van der Waals surface area contributed by atoms with Crippen molar-refractivity contribution in [3.05, 3.63) is 281 Å². The molecule has 0 saturated heterocycles. The predicted molar refractivity (Wildman–Crippen MR) is 601 cm³/mol. The Kier molecular flexibility index (Phi) is 93.8. The van der Waals surface area contributed by atoms with Crippen LogP contribution in [0.1, 0.15) is 241 Å². The second-order valence-electron chi connectivity index (χ2n) is 24.1. The summed E-state index contributed by atoms with van der Waals surface area (Å²) in [5.74, 6) is 0. The number of rotatable bonds is 18. The number of nitrogens with zero attached hydrogens (tertiary/aromatic N) is 19. The SMILES string of the molecule is C1=N[N+]([B-](c2ccccc2)(c2ccccc2)n2cccn2)=CC1.C1=N[N+]([B-](c2ccccc2)(n2cccn2)n2cccn2)=CC1.C1=N[N+]([B-](n2cccn2)(n2cccn2)n2cccn2)=CC1.CC.CC.CC.CC.CC.CC.CC.CC.CC.CC.CC.CC.CC.CC.CC.CC.CP(C)CCP(C)C.CP(C)c1ccccc1P(C)C.c1ccc(-c2ccccn2)cc1. The molecule has 0 spiro atoms. The minimum atomic E-state index is -1.80. The van der Waals surface area contributed by atoms with Crippen molar-refractivity contribution < 1.29 is 13.8 Å². The van der Waals surface area contributed by atoms with Gasteiger partial charge < -0.3 is 27.6 Å². The van der Waals surface area contributed by atoms with E-state index in [1.165, 1.54) is 23.2 Å². The van der Waals surface area contributed by atoms with Gasteiger partial charge in [0.05, 0.1) is 43.6 Å². The van der Waals surface area contributed by atoms with Gasteiger partial charge in [-0.1, -0.05) is 410 Å². The molecule has 10 heterocycles. The number of pyridine rings is 1. The van der Waals surface area contributed by atoms with Crippen molar-refractivity contribution >= 4 is 116 Å². The summed E-state index contributed by atoms with van der Waals surface area (Å²) in [6.45, 7) is 79.3. The van der Waals surface area contributed by atoms with Crippen LogP contribution in [-0.2, 0) is 0 Å². The van der Waals surface area contributed by atoms with Gasteiger partial charge in [0.15, 0.2) is 0 Å². The lowest BCUT2D eigenvalue weighted by Gasteiger charge is -2.34. The quantitative estimate of drug-likeness (QED) is 0.0609. The van der Waals surface area contributed by atoms with Crippen molar-refractivity contribution in [3.8, 4) is 11.3 Å². The third kappa shape index (κ3) is 43.7. The molecule has 3 aliphatic rings. The second-order valence-corrected chi connectivity index (χ2v) is 33.9. The lowest BCUT2D eigenvalue weighted by atomic mass is 9.37. The van der Waals surface area contributed by atoms with E-state index in [9.17, 15) is 0 Å². The van der Waals surface area contributed by atoms with Crippen molar-refractivity contribution in [2.24, 2.45) is 15.3 Å². The first-order valence-electron chi connectivity index (χ1n) is 48.7. The van der Waals surface area contributed by atoms with Gasteiger partial charge in [-0.3, -0.25) is 14.2 Å². The zero-order chi connectivity index (χ0) is 100. The van der Waals surface area contributed by atoms with Crippen LogP contribution in [0, 0.1) is 0 Å². The van der Waals surface area contributed by atoms with Gasteiger partial charge in [0.25, 0.3) is 0 Å². The standard InChI is InChI=1S/C18H17BN4.C15H15BN6.C12H13BN8.C11H9N.C10H16P2.C6H16P2.16C2H6/c1-3-9-17(10-4-1)19(22-15-7-13-20-22,23-16-8-14-21-23)18-11-5-2-6-12-18;1-2-7-15(8-3-1)16(20-12-4-9-17-20,21-13-5-10-18-21)22-14-6-11-19-22;1-5-14-18(9-1)13(19-10-2-6-15-19,20-11-3-7-16-20)21-12-4-8-17-21;1-2-6-10(7-3-1)11-8-4-5-9-12-11;1-11(2)9-7-5-6-8-10(9)12(3)4;1-7(2)5-6-8(3)4;16*1-2/h1-7,9-16H,8H2;1-5,7-14H,6H2;1-3,5-12H,4H2;1-9H;5-8H,1-4H3;5-6H2,1-4H3;16*1-2H3. The molecule has 26 heteroatoms. The Hall–Kier alpha value is -9.56.